The fourth-order valence-electron chi connectivity index (χ4n) is 2.39. The summed E-state index contributed by atoms with van der Waals surface area (Å²) in [7, 11) is 1.47. The molecule has 1 N–H and O–H groups in total. The molecule has 2 aromatic carbocycles. The Kier molecular flexibility index (Phi) is 7.31. The van der Waals surface area contributed by atoms with Gasteiger partial charge in [0.05, 0.1) is 24.5 Å². The van der Waals surface area contributed by atoms with E-state index in [1.165, 1.54) is 19.5 Å². The highest BCUT2D eigenvalue weighted by Crippen LogP contribution is 2.28. The second kappa shape index (κ2) is 10.1. The van der Waals surface area contributed by atoms with Crippen LogP contribution in [0.3, 0.4) is 0 Å². The Labute approximate surface area is 189 Å². The zero-order chi connectivity index (χ0) is 21.5. The van der Waals surface area contributed by atoms with E-state index in [2.05, 4.69) is 47.4 Å². The number of hydrazone groups is 1. The number of esters is 1. The van der Waals surface area contributed by atoms with Gasteiger partial charge in [0.15, 0.2) is 11.5 Å². The predicted molar refractivity (Wildman–Crippen MR) is 119 cm³/mol. The van der Waals surface area contributed by atoms with Gasteiger partial charge in [0, 0.05) is 21.3 Å². The van der Waals surface area contributed by atoms with Gasteiger partial charge in [-0.1, -0.05) is 22.0 Å². The fraction of sp³-hybridized carbons (Fsp3) is 0.0476. The van der Waals surface area contributed by atoms with Crippen LogP contribution in [-0.2, 0) is 0 Å². The molecule has 152 valence electrons. The Morgan fingerprint density at radius 1 is 1.00 bits per heavy atom. The van der Waals surface area contributed by atoms with Crippen LogP contribution in [0.25, 0.3) is 0 Å². The highest BCUT2D eigenvalue weighted by atomic mass is 79.9. The summed E-state index contributed by atoms with van der Waals surface area (Å²) in [5.74, 6) is -0.286. The topological polar surface area (TPSA) is 89.9 Å². The number of pyridine rings is 1. The van der Waals surface area contributed by atoms with E-state index >= 15 is 0 Å². The van der Waals surface area contributed by atoms with Crippen molar-refractivity contribution >= 4 is 50.0 Å². The maximum absolute atomic E-state index is 12.3. The maximum Gasteiger partial charge on any atom is 0.343 e. The number of benzene rings is 2. The second-order valence-electron chi connectivity index (χ2n) is 5.90. The summed E-state index contributed by atoms with van der Waals surface area (Å²) >= 11 is 6.58. The van der Waals surface area contributed by atoms with Crippen LogP contribution in [-0.4, -0.2) is 30.2 Å². The summed E-state index contributed by atoms with van der Waals surface area (Å²) in [6, 6.07) is 13.4. The summed E-state index contributed by atoms with van der Waals surface area (Å²) in [6.45, 7) is 0. The van der Waals surface area contributed by atoms with Gasteiger partial charge in [-0.2, -0.15) is 5.10 Å². The van der Waals surface area contributed by atoms with Crippen molar-refractivity contribution in [2.24, 2.45) is 5.10 Å². The lowest BCUT2D eigenvalue weighted by atomic mass is 10.2. The Hall–Kier alpha value is -3.04. The zero-order valence-corrected chi connectivity index (χ0v) is 18.8. The van der Waals surface area contributed by atoms with Crippen molar-refractivity contribution in [3.63, 3.8) is 0 Å². The zero-order valence-electron chi connectivity index (χ0n) is 15.6. The van der Waals surface area contributed by atoms with Crippen LogP contribution in [0.1, 0.15) is 26.3 Å². The SMILES string of the molecule is COc1cc(/C=N/NC(=O)c2cncc(Br)c2)ccc1OC(=O)c1cccc(Br)c1. The monoisotopic (exact) mass is 531 g/mol. The highest BCUT2D eigenvalue weighted by Gasteiger charge is 2.13. The van der Waals surface area contributed by atoms with Gasteiger partial charge in [-0.3, -0.25) is 9.78 Å². The number of carbonyl (C=O) groups is 2. The first-order valence-corrected chi connectivity index (χ1v) is 10.1. The minimum absolute atomic E-state index is 0.267. The third kappa shape index (κ3) is 5.74. The number of halogens is 2. The number of hydrogen-bond donors (Lipinski definition) is 1. The smallest absolute Gasteiger partial charge is 0.343 e. The lowest BCUT2D eigenvalue weighted by molar-refractivity contribution is 0.0729. The molecule has 0 unspecified atom stereocenters. The van der Waals surface area contributed by atoms with E-state index in [1.807, 2.05) is 6.07 Å². The van der Waals surface area contributed by atoms with Crippen LogP contribution in [0, 0.1) is 0 Å². The summed E-state index contributed by atoms with van der Waals surface area (Å²) in [5.41, 5.74) is 3.84. The molecule has 3 rings (SSSR count). The van der Waals surface area contributed by atoms with Crippen LogP contribution in [0.2, 0.25) is 0 Å². The summed E-state index contributed by atoms with van der Waals surface area (Å²) in [5, 5.41) is 3.93. The molecule has 0 fully saturated rings. The van der Waals surface area contributed by atoms with E-state index in [0.29, 0.717) is 26.9 Å². The van der Waals surface area contributed by atoms with E-state index in [9.17, 15) is 9.59 Å². The van der Waals surface area contributed by atoms with Crippen LogP contribution >= 0.6 is 31.9 Å². The maximum atomic E-state index is 12.3. The van der Waals surface area contributed by atoms with E-state index in [1.54, 1.807) is 48.7 Å². The molecule has 1 aromatic heterocycles. The highest BCUT2D eigenvalue weighted by molar-refractivity contribution is 9.10. The number of aromatic nitrogens is 1. The molecule has 0 aliphatic rings. The standard InChI is InChI=1S/C21H15Br2N3O4/c1-29-19-7-13(10-25-26-20(27)15-9-17(23)12-24-11-15)5-6-18(19)30-21(28)14-3-2-4-16(22)8-14/h2-12H,1H3,(H,26,27)/b25-10+. The van der Waals surface area contributed by atoms with Crippen molar-refractivity contribution in [2.75, 3.05) is 7.11 Å². The van der Waals surface area contributed by atoms with Crippen molar-refractivity contribution < 1.29 is 19.1 Å². The number of ether oxygens (including phenoxy) is 2. The molecule has 3 aromatic rings. The number of amides is 1. The van der Waals surface area contributed by atoms with Crippen LogP contribution in [0.5, 0.6) is 11.5 Å². The minimum atomic E-state index is -0.508. The third-order valence-corrected chi connectivity index (χ3v) is 4.72. The normalized spacial score (nSPS) is 10.6. The quantitative estimate of drug-likeness (QED) is 0.217. The fourth-order valence-corrected chi connectivity index (χ4v) is 3.15. The summed E-state index contributed by atoms with van der Waals surface area (Å²) in [6.07, 6.45) is 4.47. The van der Waals surface area contributed by atoms with Crippen molar-refractivity contribution in [1.29, 1.82) is 0 Å². The van der Waals surface area contributed by atoms with E-state index in [0.717, 1.165) is 4.47 Å². The number of carbonyl (C=O) groups excluding carboxylic acids is 2. The van der Waals surface area contributed by atoms with E-state index in [4.69, 9.17) is 9.47 Å². The molecule has 9 heteroatoms. The molecule has 7 nitrogen and oxygen atoms in total. The molecule has 0 bridgehead atoms. The van der Waals surface area contributed by atoms with Gasteiger partial charge in [0.2, 0.25) is 0 Å². The Balaban J connectivity index is 1.68. The second-order valence-corrected chi connectivity index (χ2v) is 7.73. The van der Waals surface area contributed by atoms with Crippen LogP contribution < -0.4 is 14.9 Å². The first-order valence-electron chi connectivity index (χ1n) is 8.56. The summed E-state index contributed by atoms with van der Waals surface area (Å²) in [4.78, 5) is 28.4. The number of nitrogens with one attached hydrogen (secondary N) is 1. The molecule has 30 heavy (non-hydrogen) atoms. The van der Waals surface area contributed by atoms with Gasteiger partial charge < -0.3 is 9.47 Å². The Morgan fingerprint density at radius 3 is 2.53 bits per heavy atom. The third-order valence-electron chi connectivity index (χ3n) is 3.80. The van der Waals surface area contributed by atoms with Gasteiger partial charge in [-0.15, -0.1) is 0 Å². The van der Waals surface area contributed by atoms with E-state index in [-0.39, 0.29) is 5.75 Å². The van der Waals surface area contributed by atoms with Crippen LogP contribution in [0.15, 0.2) is 75.0 Å². The molecule has 0 saturated heterocycles. The molecule has 1 amide bonds. The van der Waals surface area contributed by atoms with Crippen molar-refractivity contribution in [2.45, 2.75) is 0 Å². The molecule has 0 aliphatic carbocycles. The number of methoxy groups -OCH3 is 1. The average molecular weight is 533 g/mol. The molecule has 0 spiro atoms. The van der Waals surface area contributed by atoms with Gasteiger partial charge in [0.25, 0.3) is 5.91 Å². The summed E-state index contributed by atoms with van der Waals surface area (Å²) < 4.78 is 12.2. The van der Waals surface area contributed by atoms with Crippen molar-refractivity contribution in [3.8, 4) is 11.5 Å². The largest absolute Gasteiger partial charge is 0.493 e. The van der Waals surface area contributed by atoms with Crippen molar-refractivity contribution in [3.05, 3.63) is 86.6 Å². The van der Waals surface area contributed by atoms with Gasteiger partial charge in [0.1, 0.15) is 0 Å². The minimum Gasteiger partial charge on any atom is -0.493 e. The molecular weight excluding hydrogens is 518 g/mol. The van der Waals surface area contributed by atoms with Gasteiger partial charge in [-0.25, -0.2) is 10.2 Å². The van der Waals surface area contributed by atoms with Crippen molar-refractivity contribution in [1.82, 2.24) is 10.4 Å². The first-order chi connectivity index (χ1) is 14.5. The Morgan fingerprint density at radius 2 is 1.80 bits per heavy atom. The van der Waals surface area contributed by atoms with Crippen LogP contribution in [0.4, 0.5) is 0 Å². The molecule has 1 heterocycles. The lowest BCUT2D eigenvalue weighted by Crippen LogP contribution is -2.17. The Bertz CT molecular complexity index is 1120. The number of hydrogen-bond acceptors (Lipinski definition) is 6. The molecule has 0 atom stereocenters. The lowest BCUT2D eigenvalue weighted by Gasteiger charge is -2.10. The molecule has 0 saturated carbocycles. The predicted octanol–water partition coefficient (Wildman–Crippen LogP) is 4.60. The van der Waals surface area contributed by atoms with Gasteiger partial charge in [-0.05, 0) is 64.0 Å². The average Bonchev–Trinajstić information content (AvgIpc) is 2.74. The van der Waals surface area contributed by atoms with Gasteiger partial charge >= 0.3 is 5.97 Å². The first kappa shape index (κ1) is 21.7. The number of rotatable bonds is 6. The molecular formula is C21H15Br2N3O4. The molecule has 0 radical (unpaired) electrons. The van der Waals surface area contributed by atoms with E-state index < -0.39 is 11.9 Å². The molecule has 0 aliphatic heterocycles. The number of nitrogens with zero attached hydrogens (tertiary/aromatic N) is 2.